The molecular formula is C17H22O3. The van der Waals surface area contributed by atoms with E-state index < -0.39 is 5.60 Å². The molecule has 0 N–H and O–H groups in total. The van der Waals surface area contributed by atoms with Gasteiger partial charge in [0.1, 0.15) is 0 Å². The molecule has 108 valence electrons. The first-order valence-electron chi connectivity index (χ1n) is 7.09. The van der Waals surface area contributed by atoms with Crippen LogP contribution in [0.4, 0.5) is 0 Å². The Bertz CT molecular complexity index is 492. The molecule has 1 aromatic carbocycles. The molecule has 3 nitrogen and oxygen atoms in total. The van der Waals surface area contributed by atoms with Crippen LogP contribution in [0.15, 0.2) is 42.0 Å². The molecular weight excluding hydrogens is 252 g/mol. The molecule has 0 bridgehead atoms. The van der Waals surface area contributed by atoms with Gasteiger partial charge >= 0.3 is 5.97 Å². The first-order chi connectivity index (χ1) is 9.52. The molecule has 2 atom stereocenters. The predicted molar refractivity (Wildman–Crippen MR) is 78.3 cm³/mol. The number of rotatable bonds is 4. The molecule has 2 rings (SSSR count). The van der Waals surface area contributed by atoms with E-state index in [0.29, 0.717) is 6.61 Å². The lowest BCUT2D eigenvalue weighted by Crippen LogP contribution is -2.35. The molecule has 20 heavy (non-hydrogen) atoms. The Morgan fingerprint density at radius 1 is 1.40 bits per heavy atom. The summed E-state index contributed by atoms with van der Waals surface area (Å²) >= 11 is 0. The van der Waals surface area contributed by atoms with Gasteiger partial charge < -0.3 is 9.47 Å². The topological polar surface area (TPSA) is 35.5 Å². The van der Waals surface area contributed by atoms with Crippen LogP contribution in [-0.4, -0.2) is 18.2 Å². The summed E-state index contributed by atoms with van der Waals surface area (Å²) in [6.45, 7) is 6.25. The SMILES string of the molecule is CCOC(=O)C[C@]1(C)C=C(C)C[C@H](c2ccccc2)O1. The summed E-state index contributed by atoms with van der Waals surface area (Å²) < 4.78 is 11.2. The van der Waals surface area contributed by atoms with E-state index in [1.165, 1.54) is 5.57 Å². The number of esters is 1. The Morgan fingerprint density at radius 2 is 2.10 bits per heavy atom. The van der Waals surface area contributed by atoms with Crippen LogP contribution in [0.1, 0.15) is 45.3 Å². The average Bonchev–Trinajstić information content (AvgIpc) is 2.38. The molecule has 1 aliphatic heterocycles. The fraction of sp³-hybridized carbons (Fsp3) is 0.471. The zero-order valence-electron chi connectivity index (χ0n) is 12.4. The summed E-state index contributed by atoms with van der Waals surface area (Å²) in [5, 5.41) is 0. The first-order valence-corrected chi connectivity index (χ1v) is 7.09. The lowest BCUT2D eigenvalue weighted by atomic mass is 9.90. The van der Waals surface area contributed by atoms with Crippen molar-refractivity contribution in [2.24, 2.45) is 0 Å². The minimum absolute atomic E-state index is 0.000580. The Morgan fingerprint density at radius 3 is 2.75 bits per heavy atom. The first kappa shape index (κ1) is 14.8. The zero-order chi connectivity index (χ0) is 14.6. The molecule has 0 saturated carbocycles. The molecule has 0 saturated heterocycles. The predicted octanol–water partition coefficient (Wildman–Crippen LogP) is 3.81. The number of carbonyl (C=O) groups is 1. The maximum atomic E-state index is 11.7. The van der Waals surface area contributed by atoms with Crippen molar-refractivity contribution in [3.8, 4) is 0 Å². The molecule has 1 heterocycles. The van der Waals surface area contributed by atoms with E-state index >= 15 is 0 Å². The highest BCUT2D eigenvalue weighted by molar-refractivity contribution is 5.71. The Labute approximate surface area is 120 Å². The number of benzene rings is 1. The van der Waals surface area contributed by atoms with Gasteiger partial charge in [-0.15, -0.1) is 0 Å². The number of hydrogen-bond donors (Lipinski definition) is 0. The maximum absolute atomic E-state index is 11.7. The van der Waals surface area contributed by atoms with Crippen LogP contribution >= 0.6 is 0 Å². The molecule has 0 radical (unpaired) electrons. The van der Waals surface area contributed by atoms with Crippen molar-refractivity contribution < 1.29 is 14.3 Å². The fourth-order valence-corrected chi connectivity index (χ4v) is 2.72. The van der Waals surface area contributed by atoms with Crippen molar-refractivity contribution in [3.05, 3.63) is 47.5 Å². The minimum Gasteiger partial charge on any atom is -0.466 e. The van der Waals surface area contributed by atoms with Crippen LogP contribution in [0.25, 0.3) is 0 Å². The van der Waals surface area contributed by atoms with Crippen molar-refractivity contribution in [2.75, 3.05) is 6.61 Å². The maximum Gasteiger partial charge on any atom is 0.309 e. The highest BCUT2D eigenvalue weighted by Gasteiger charge is 2.34. The van der Waals surface area contributed by atoms with Crippen LogP contribution in [0, 0.1) is 0 Å². The summed E-state index contributed by atoms with van der Waals surface area (Å²) in [5.74, 6) is -0.215. The van der Waals surface area contributed by atoms with Crippen molar-refractivity contribution in [1.29, 1.82) is 0 Å². The summed E-state index contributed by atoms with van der Waals surface area (Å²) in [7, 11) is 0. The van der Waals surface area contributed by atoms with Gasteiger partial charge in [-0.1, -0.05) is 42.0 Å². The largest absolute Gasteiger partial charge is 0.466 e. The molecule has 0 fully saturated rings. The van der Waals surface area contributed by atoms with Gasteiger partial charge in [0.15, 0.2) is 0 Å². The van der Waals surface area contributed by atoms with Crippen LogP contribution in [-0.2, 0) is 14.3 Å². The van der Waals surface area contributed by atoms with Crippen LogP contribution in [0.2, 0.25) is 0 Å². The third kappa shape index (κ3) is 3.70. The smallest absolute Gasteiger partial charge is 0.309 e. The van der Waals surface area contributed by atoms with Crippen molar-refractivity contribution in [2.45, 2.75) is 45.3 Å². The molecule has 0 unspecified atom stereocenters. The van der Waals surface area contributed by atoms with E-state index in [-0.39, 0.29) is 18.5 Å². The fourth-order valence-electron chi connectivity index (χ4n) is 2.72. The number of hydrogen-bond acceptors (Lipinski definition) is 3. The Hall–Kier alpha value is -1.61. The van der Waals surface area contributed by atoms with Gasteiger partial charge in [-0.3, -0.25) is 4.79 Å². The van der Waals surface area contributed by atoms with E-state index in [1.54, 1.807) is 0 Å². The highest BCUT2D eigenvalue weighted by Crippen LogP contribution is 2.37. The van der Waals surface area contributed by atoms with E-state index in [1.807, 2.05) is 38.1 Å². The Kier molecular flexibility index (Phi) is 4.61. The second-order valence-electron chi connectivity index (χ2n) is 5.51. The summed E-state index contributed by atoms with van der Waals surface area (Å²) in [6.07, 6.45) is 3.16. The van der Waals surface area contributed by atoms with E-state index in [2.05, 4.69) is 19.1 Å². The second-order valence-corrected chi connectivity index (χ2v) is 5.51. The van der Waals surface area contributed by atoms with Crippen LogP contribution in [0.3, 0.4) is 0 Å². The lowest BCUT2D eigenvalue weighted by molar-refractivity contribution is -0.151. The van der Waals surface area contributed by atoms with E-state index in [9.17, 15) is 4.79 Å². The van der Waals surface area contributed by atoms with Gasteiger partial charge in [-0.25, -0.2) is 0 Å². The summed E-state index contributed by atoms with van der Waals surface area (Å²) in [4.78, 5) is 11.7. The van der Waals surface area contributed by atoms with Crippen molar-refractivity contribution >= 4 is 5.97 Å². The van der Waals surface area contributed by atoms with Gasteiger partial charge in [0.25, 0.3) is 0 Å². The summed E-state index contributed by atoms with van der Waals surface area (Å²) in [5.41, 5.74) is 1.81. The third-order valence-corrected chi connectivity index (χ3v) is 3.44. The van der Waals surface area contributed by atoms with E-state index in [4.69, 9.17) is 9.47 Å². The monoisotopic (exact) mass is 274 g/mol. The molecule has 0 aromatic heterocycles. The minimum atomic E-state index is -0.588. The van der Waals surface area contributed by atoms with Crippen LogP contribution in [0.5, 0.6) is 0 Å². The van der Waals surface area contributed by atoms with E-state index in [0.717, 1.165) is 12.0 Å². The molecule has 1 aromatic rings. The normalized spacial score (nSPS) is 25.9. The van der Waals surface area contributed by atoms with Gasteiger partial charge in [-0.05, 0) is 32.8 Å². The highest BCUT2D eigenvalue weighted by atomic mass is 16.5. The lowest BCUT2D eigenvalue weighted by Gasteiger charge is -2.36. The van der Waals surface area contributed by atoms with Gasteiger partial charge in [0.2, 0.25) is 0 Å². The number of carbonyl (C=O) groups excluding carboxylic acids is 1. The van der Waals surface area contributed by atoms with Crippen LogP contribution < -0.4 is 0 Å². The molecule has 0 spiro atoms. The standard InChI is InChI=1S/C17H22O3/c1-4-19-16(18)12-17(3)11-13(2)10-15(20-17)14-8-6-5-7-9-14/h5-9,11,15H,4,10,12H2,1-3H3/t15-,17+/m1/s1. The zero-order valence-corrected chi connectivity index (χ0v) is 12.4. The quantitative estimate of drug-likeness (QED) is 0.618. The third-order valence-electron chi connectivity index (χ3n) is 3.44. The van der Waals surface area contributed by atoms with Gasteiger partial charge in [0, 0.05) is 0 Å². The summed E-state index contributed by atoms with van der Waals surface area (Å²) in [6, 6.07) is 10.1. The average molecular weight is 274 g/mol. The second kappa shape index (κ2) is 6.23. The molecule has 1 aliphatic rings. The van der Waals surface area contributed by atoms with Crippen molar-refractivity contribution in [3.63, 3.8) is 0 Å². The molecule has 3 heteroatoms. The molecule has 0 aliphatic carbocycles. The van der Waals surface area contributed by atoms with Gasteiger partial charge in [0.05, 0.1) is 24.7 Å². The molecule has 0 amide bonds. The van der Waals surface area contributed by atoms with Crippen molar-refractivity contribution in [1.82, 2.24) is 0 Å². The Balaban J connectivity index is 2.15. The number of ether oxygens (including phenoxy) is 2. The van der Waals surface area contributed by atoms with Gasteiger partial charge in [-0.2, -0.15) is 0 Å².